The second-order valence-corrected chi connectivity index (χ2v) is 6.90. The summed E-state index contributed by atoms with van der Waals surface area (Å²) < 4.78 is 5.26. The molecule has 0 aromatic carbocycles. The molecule has 0 saturated carbocycles. The van der Waals surface area contributed by atoms with Crippen LogP contribution in [0.1, 0.15) is 51.9 Å². The second-order valence-electron chi connectivity index (χ2n) is 6.90. The van der Waals surface area contributed by atoms with E-state index >= 15 is 0 Å². The highest BCUT2D eigenvalue weighted by Crippen LogP contribution is 2.33. The van der Waals surface area contributed by atoms with Crippen LogP contribution in [0.25, 0.3) is 0 Å². The Morgan fingerprint density at radius 1 is 1.27 bits per heavy atom. The highest BCUT2D eigenvalue weighted by Gasteiger charge is 2.39. The number of aliphatic hydroxyl groups excluding tert-OH is 1. The topological polar surface area (TPSA) is 82.0 Å². The highest BCUT2D eigenvalue weighted by molar-refractivity contribution is 5.75. The van der Waals surface area contributed by atoms with E-state index in [4.69, 9.17) is 9.84 Å². The van der Waals surface area contributed by atoms with Crippen molar-refractivity contribution in [1.82, 2.24) is 10.2 Å². The van der Waals surface area contributed by atoms with Gasteiger partial charge in [0.05, 0.1) is 5.60 Å². The predicted octanol–water partition coefficient (Wildman–Crippen LogP) is 1.25. The van der Waals surface area contributed by atoms with Crippen LogP contribution in [0.4, 0.5) is 4.79 Å². The maximum atomic E-state index is 12.4. The summed E-state index contributed by atoms with van der Waals surface area (Å²) in [5.41, 5.74) is -0.848. The molecule has 0 radical (unpaired) electrons. The van der Waals surface area contributed by atoms with Crippen LogP contribution in [-0.4, -0.2) is 65.2 Å². The summed E-state index contributed by atoms with van der Waals surface area (Å²) in [4.78, 5) is 14.3. The number of ether oxygens (including phenoxy) is 1. The molecule has 0 bridgehead atoms. The lowest BCUT2D eigenvalue weighted by molar-refractivity contribution is -0.0670. The fourth-order valence-corrected chi connectivity index (χ4v) is 3.59. The molecular weight excluding hydrogens is 284 g/mol. The van der Waals surface area contributed by atoms with E-state index in [0.717, 1.165) is 32.2 Å². The largest absolute Gasteiger partial charge is 0.396 e. The van der Waals surface area contributed by atoms with Crippen molar-refractivity contribution in [3.05, 3.63) is 0 Å². The van der Waals surface area contributed by atoms with Crippen LogP contribution in [0, 0.1) is 0 Å². The number of urea groups is 1. The Kier molecular flexibility index (Phi) is 6.06. The van der Waals surface area contributed by atoms with E-state index in [0.29, 0.717) is 39.0 Å². The highest BCUT2D eigenvalue weighted by atomic mass is 16.5. The Balaban J connectivity index is 1.78. The van der Waals surface area contributed by atoms with Gasteiger partial charge in [-0.25, -0.2) is 4.79 Å². The molecule has 6 nitrogen and oxygen atoms in total. The summed E-state index contributed by atoms with van der Waals surface area (Å²) in [6.07, 6.45) is 5.40. The van der Waals surface area contributed by atoms with Gasteiger partial charge >= 0.3 is 6.03 Å². The molecule has 2 rings (SSSR count). The first-order chi connectivity index (χ1) is 10.5. The number of hydrogen-bond donors (Lipinski definition) is 3. The minimum Gasteiger partial charge on any atom is -0.396 e. The van der Waals surface area contributed by atoms with Gasteiger partial charge in [0, 0.05) is 38.4 Å². The second kappa shape index (κ2) is 7.62. The average Bonchev–Trinajstić information content (AvgIpc) is 2.88. The third-order valence-electron chi connectivity index (χ3n) is 5.16. The number of carbonyl (C=O) groups excluding carboxylic acids is 1. The fourth-order valence-electron chi connectivity index (χ4n) is 3.59. The van der Waals surface area contributed by atoms with Gasteiger partial charge in [-0.15, -0.1) is 0 Å². The van der Waals surface area contributed by atoms with E-state index in [1.54, 1.807) is 0 Å². The zero-order chi connectivity index (χ0) is 16.1. The summed E-state index contributed by atoms with van der Waals surface area (Å²) in [7, 11) is 0. The van der Waals surface area contributed by atoms with Crippen molar-refractivity contribution in [1.29, 1.82) is 0 Å². The van der Waals surface area contributed by atoms with E-state index in [9.17, 15) is 9.90 Å². The van der Waals surface area contributed by atoms with Gasteiger partial charge in [-0.2, -0.15) is 0 Å². The van der Waals surface area contributed by atoms with Crippen molar-refractivity contribution < 1.29 is 19.7 Å². The van der Waals surface area contributed by atoms with E-state index in [1.165, 1.54) is 0 Å². The van der Waals surface area contributed by atoms with Gasteiger partial charge in [-0.1, -0.05) is 0 Å². The summed E-state index contributed by atoms with van der Waals surface area (Å²) in [6, 6.07) is -0.0476. The van der Waals surface area contributed by atoms with E-state index in [-0.39, 0.29) is 18.2 Å². The van der Waals surface area contributed by atoms with Crippen molar-refractivity contribution in [2.45, 2.75) is 63.0 Å². The summed E-state index contributed by atoms with van der Waals surface area (Å²) >= 11 is 0. The molecule has 2 heterocycles. The van der Waals surface area contributed by atoms with Crippen LogP contribution in [0.2, 0.25) is 0 Å². The normalized spacial score (nSPS) is 27.9. The summed E-state index contributed by atoms with van der Waals surface area (Å²) in [6.45, 7) is 4.71. The molecule has 2 aliphatic rings. The lowest BCUT2D eigenvalue weighted by atomic mass is 9.91. The van der Waals surface area contributed by atoms with Gasteiger partial charge in [0.1, 0.15) is 0 Å². The number of nitrogens with zero attached hydrogens (tertiary/aromatic N) is 1. The van der Waals surface area contributed by atoms with E-state index in [1.807, 2.05) is 4.90 Å². The predicted molar refractivity (Wildman–Crippen MR) is 83.7 cm³/mol. The third-order valence-corrected chi connectivity index (χ3v) is 5.16. The molecule has 2 fully saturated rings. The van der Waals surface area contributed by atoms with E-state index in [2.05, 4.69) is 12.2 Å². The molecule has 0 aromatic heterocycles. The lowest BCUT2D eigenvalue weighted by Gasteiger charge is -2.36. The number of rotatable bonds is 6. The molecule has 3 N–H and O–H groups in total. The molecule has 1 atom stereocenters. The maximum Gasteiger partial charge on any atom is 0.317 e. The number of carbonyl (C=O) groups is 1. The van der Waals surface area contributed by atoms with Crippen LogP contribution >= 0.6 is 0 Å². The lowest BCUT2D eigenvalue weighted by Crippen LogP contribution is -2.50. The molecule has 0 aliphatic carbocycles. The first kappa shape index (κ1) is 17.5. The standard InChI is InChI=1S/C16H30N2O4/c1-15(5-3-11-19)4-2-10-18(15)14(20)17-9-6-16(21)7-12-22-13-8-16/h19,21H,2-13H2,1H3,(H,17,20). The number of nitrogens with one attached hydrogen (secondary N) is 1. The Morgan fingerprint density at radius 3 is 2.68 bits per heavy atom. The van der Waals surface area contributed by atoms with Crippen LogP contribution in [-0.2, 0) is 4.74 Å². The molecule has 22 heavy (non-hydrogen) atoms. The number of aliphatic hydroxyl groups is 2. The molecule has 6 heteroatoms. The minimum absolute atomic E-state index is 0.0476. The van der Waals surface area contributed by atoms with Crippen LogP contribution in [0.3, 0.4) is 0 Å². The number of likely N-dealkylation sites (tertiary alicyclic amines) is 1. The Hall–Kier alpha value is -0.850. The van der Waals surface area contributed by atoms with Gasteiger partial charge in [0.15, 0.2) is 0 Å². The van der Waals surface area contributed by atoms with Crippen LogP contribution in [0.15, 0.2) is 0 Å². The summed E-state index contributed by atoms with van der Waals surface area (Å²) in [5.74, 6) is 0. The Labute approximate surface area is 132 Å². The number of hydrogen-bond acceptors (Lipinski definition) is 4. The molecule has 0 aromatic rings. The van der Waals surface area contributed by atoms with E-state index < -0.39 is 5.60 Å². The van der Waals surface area contributed by atoms with Crippen molar-refractivity contribution in [2.75, 3.05) is 32.9 Å². The molecule has 2 saturated heterocycles. The average molecular weight is 314 g/mol. The molecule has 1 unspecified atom stereocenters. The zero-order valence-corrected chi connectivity index (χ0v) is 13.6. The monoisotopic (exact) mass is 314 g/mol. The van der Waals surface area contributed by atoms with Crippen molar-refractivity contribution in [2.24, 2.45) is 0 Å². The molecule has 2 aliphatic heterocycles. The van der Waals surface area contributed by atoms with Crippen molar-refractivity contribution >= 4 is 6.03 Å². The van der Waals surface area contributed by atoms with Crippen LogP contribution < -0.4 is 5.32 Å². The van der Waals surface area contributed by atoms with Crippen LogP contribution in [0.5, 0.6) is 0 Å². The first-order valence-electron chi connectivity index (χ1n) is 8.46. The van der Waals surface area contributed by atoms with Crippen molar-refractivity contribution in [3.8, 4) is 0 Å². The third kappa shape index (κ3) is 4.33. The molecule has 128 valence electrons. The Bertz CT molecular complexity index is 371. The molecule has 2 amide bonds. The zero-order valence-electron chi connectivity index (χ0n) is 13.6. The SMILES string of the molecule is CC1(CCCO)CCCN1C(=O)NCCC1(O)CCOCC1. The quantitative estimate of drug-likeness (QED) is 0.689. The van der Waals surface area contributed by atoms with Gasteiger partial charge in [0.25, 0.3) is 0 Å². The maximum absolute atomic E-state index is 12.4. The molecular formula is C16H30N2O4. The smallest absolute Gasteiger partial charge is 0.317 e. The fraction of sp³-hybridized carbons (Fsp3) is 0.938. The van der Waals surface area contributed by atoms with Crippen molar-refractivity contribution in [3.63, 3.8) is 0 Å². The minimum atomic E-state index is -0.698. The van der Waals surface area contributed by atoms with Gasteiger partial charge in [0.2, 0.25) is 0 Å². The van der Waals surface area contributed by atoms with Gasteiger partial charge in [-0.3, -0.25) is 0 Å². The van der Waals surface area contributed by atoms with Gasteiger partial charge < -0.3 is 25.2 Å². The molecule has 0 spiro atoms. The van der Waals surface area contributed by atoms with Gasteiger partial charge in [-0.05, 0) is 51.9 Å². The Morgan fingerprint density at radius 2 is 2.00 bits per heavy atom. The first-order valence-corrected chi connectivity index (χ1v) is 8.46. The number of amides is 2. The summed E-state index contributed by atoms with van der Waals surface area (Å²) in [5, 5.41) is 22.4.